The standard InChI is InChI=1S/C12H22N4O2/c1-3-4-5-6-7-8-11-13-14-15-16(11)9-10(2)12(17)18/h10H,3-9H2,1-2H3,(H,17,18). The molecule has 0 aliphatic heterocycles. The molecular formula is C12H22N4O2. The molecule has 0 aromatic carbocycles. The third-order valence-electron chi connectivity index (χ3n) is 2.98. The Morgan fingerprint density at radius 3 is 2.72 bits per heavy atom. The molecule has 1 heterocycles. The number of carbonyl (C=O) groups is 1. The van der Waals surface area contributed by atoms with Gasteiger partial charge in [-0.1, -0.05) is 39.5 Å². The first-order chi connectivity index (χ1) is 8.65. The van der Waals surface area contributed by atoms with Crippen molar-refractivity contribution in [1.82, 2.24) is 20.2 Å². The number of aryl methyl sites for hydroxylation is 1. The Bertz CT molecular complexity index is 365. The molecule has 0 bridgehead atoms. The van der Waals surface area contributed by atoms with Crippen LogP contribution in [0.25, 0.3) is 0 Å². The molecule has 6 nitrogen and oxygen atoms in total. The summed E-state index contributed by atoms with van der Waals surface area (Å²) in [4.78, 5) is 10.8. The van der Waals surface area contributed by atoms with Crippen molar-refractivity contribution < 1.29 is 9.90 Å². The highest BCUT2D eigenvalue weighted by Gasteiger charge is 2.15. The van der Waals surface area contributed by atoms with Crippen molar-refractivity contribution in [3.8, 4) is 0 Å². The molecule has 0 spiro atoms. The van der Waals surface area contributed by atoms with Crippen LogP contribution in [0, 0.1) is 5.92 Å². The monoisotopic (exact) mass is 254 g/mol. The lowest BCUT2D eigenvalue weighted by Gasteiger charge is -2.07. The highest BCUT2D eigenvalue weighted by molar-refractivity contribution is 5.69. The van der Waals surface area contributed by atoms with Crippen molar-refractivity contribution in [1.29, 1.82) is 0 Å². The van der Waals surface area contributed by atoms with Crippen LogP contribution in [-0.4, -0.2) is 31.3 Å². The molecule has 6 heteroatoms. The molecule has 0 radical (unpaired) electrons. The second kappa shape index (κ2) is 7.79. The summed E-state index contributed by atoms with van der Waals surface area (Å²) in [6.07, 6.45) is 6.79. The molecule has 1 rings (SSSR count). The predicted molar refractivity (Wildman–Crippen MR) is 67.1 cm³/mol. The van der Waals surface area contributed by atoms with Crippen LogP contribution in [0.4, 0.5) is 0 Å². The average molecular weight is 254 g/mol. The first-order valence-electron chi connectivity index (χ1n) is 6.63. The number of aliphatic carboxylic acids is 1. The van der Waals surface area contributed by atoms with Gasteiger partial charge in [-0.15, -0.1) is 5.10 Å². The summed E-state index contributed by atoms with van der Waals surface area (Å²) in [5.74, 6) is -0.494. The van der Waals surface area contributed by atoms with Gasteiger partial charge in [-0.2, -0.15) is 0 Å². The summed E-state index contributed by atoms with van der Waals surface area (Å²) >= 11 is 0. The highest BCUT2D eigenvalue weighted by Crippen LogP contribution is 2.08. The van der Waals surface area contributed by atoms with Crippen LogP contribution in [0.2, 0.25) is 0 Å². The van der Waals surface area contributed by atoms with Gasteiger partial charge in [0.25, 0.3) is 0 Å². The minimum Gasteiger partial charge on any atom is -0.481 e. The number of carboxylic acids is 1. The van der Waals surface area contributed by atoms with Crippen LogP contribution in [0.5, 0.6) is 0 Å². The number of hydrogen-bond donors (Lipinski definition) is 1. The molecule has 1 aromatic heterocycles. The fraction of sp³-hybridized carbons (Fsp3) is 0.833. The second-order valence-electron chi connectivity index (χ2n) is 4.68. The van der Waals surface area contributed by atoms with Crippen molar-refractivity contribution >= 4 is 5.97 Å². The fourth-order valence-corrected chi connectivity index (χ4v) is 1.77. The van der Waals surface area contributed by atoms with Crippen LogP contribution in [0.15, 0.2) is 0 Å². The number of aromatic nitrogens is 4. The zero-order valence-corrected chi connectivity index (χ0v) is 11.2. The third-order valence-corrected chi connectivity index (χ3v) is 2.98. The molecular weight excluding hydrogens is 232 g/mol. The van der Waals surface area contributed by atoms with Gasteiger partial charge in [0.15, 0.2) is 5.82 Å². The zero-order valence-electron chi connectivity index (χ0n) is 11.2. The lowest BCUT2D eigenvalue weighted by molar-refractivity contribution is -0.141. The maximum atomic E-state index is 10.8. The normalized spacial score (nSPS) is 12.6. The van der Waals surface area contributed by atoms with E-state index < -0.39 is 11.9 Å². The Morgan fingerprint density at radius 1 is 1.33 bits per heavy atom. The van der Waals surface area contributed by atoms with Gasteiger partial charge in [-0.25, -0.2) is 4.68 Å². The highest BCUT2D eigenvalue weighted by atomic mass is 16.4. The molecule has 0 aliphatic carbocycles. The molecule has 18 heavy (non-hydrogen) atoms. The van der Waals surface area contributed by atoms with E-state index in [2.05, 4.69) is 22.4 Å². The van der Waals surface area contributed by atoms with Crippen LogP contribution in [0.1, 0.15) is 51.8 Å². The summed E-state index contributed by atoms with van der Waals surface area (Å²) in [5, 5.41) is 20.3. The van der Waals surface area contributed by atoms with E-state index in [4.69, 9.17) is 5.11 Å². The number of nitrogens with zero attached hydrogens (tertiary/aromatic N) is 4. The van der Waals surface area contributed by atoms with Gasteiger partial charge in [0, 0.05) is 6.42 Å². The first kappa shape index (κ1) is 14.6. The molecule has 0 fully saturated rings. The Labute approximate surface area is 107 Å². The summed E-state index contributed by atoms with van der Waals surface area (Å²) in [5.41, 5.74) is 0. The lowest BCUT2D eigenvalue weighted by Crippen LogP contribution is -2.19. The van der Waals surface area contributed by atoms with E-state index in [0.717, 1.165) is 18.7 Å². The number of unbranched alkanes of at least 4 members (excludes halogenated alkanes) is 4. The van der Waals surface area contributed by atoms with Crippen LogP contribution in [-0.2, 0) is 17.8 Å². The molecule has 0 aliphatic rings. The van der Waals surface area contributed by atoms with E-state index in [-0.39, 0.29) is 0 Å². The Hall–Kier alpha value is -1.46. The van der Waals surface area contributed by atoms with Gasteiger partial charge in [-0.3, -0.25) is 4.79 Å². The van der Waals surface area contributed by atoms with Crippen LogP contribution >= 0.6 is 0 Å². The quantitative estimate of drug-likeness (QED) is 0.681. The van der Waals surface area contributed by atoms with Crippen molar-refractivity contribution in [2.45, 2.75) is 58.9 Å². The molecule has 0 saturated carbocycles. The van der Waals surface area contributed by atoms with Crippen molar-refractivity contribution in [3.63, 3.8) is 0 Å². The molecule has 0 saturated heterocycles. The summed E-state index contributed by atoms with van der Waals surface area (Å²) < 4.78 is 1.61. The zero-order chi connectivity index (χ0) is 13.4. The third kappa shape index (κ3) is 4.81. The molecule has 1 aromatic rings. The number of hydrogen-bond acceptors (Lipinski definition) is 4. The number of rotatable bonds is 9. The van der Waals surface area contributed by atoms with E-state index in [1.807, 2.05) is 0 Å². The molecule has 102 valence electrons. The van der Waals surface area contributed by atoms with Crippen LogP contribution < -0.4 is 0 Å². The number of tetrazole rings is 1. The smallest absolute Gasteiger partial charge is 0.308 e. The molecule has 1 unspecified atom stereocenters. The van der Waals surface area contributed by atoms with E-state index in [9.17, 15) is 4.79 Å². The van der Waals surface area contributed by atoms with Gasteiger partial charge in [0.1, 0.15) is 0 Å². The predicted octanol–water partition coefficient (Wildman–Crippen LogP) is 1.91. The maximum absolute atomic E-state index is 10.8. The minimum atomic E-state index is -0.820. The van der Waals surface area contributed by atoms with E-state index in [1.54, 1.807) is 11.6 Å². The summed E-state index contributed by atoms with van der Waals surface area (Å²) in [7, 11) is 0. The molecule has 1 N–H and O–H groups in total. The fourth-order valence-electron chi connectivity index (χ4n) is 1.77. The average Bonchev–Trinajstić information content (AvgIpc) is 2.76. The maximum Gasteiger partial charge on any atom is 0.308 e. The van der Waals surface area contributed by atoms with Gasteiger partial charge >= 0.3 is 5.97 Å². The first-order valence-corrected chi connectivity index (χ1v) is 6.63. The van der Waals surface area contributed by atoms with Gasteiger partial charge in [-0.05, 0) is 16.8 Å². The summed E-state index contributed by atoms with van der Waals surface area (Å²) in [6.45, 7) is 4.19. The molecule has 1 atom stereocenters. The lowest BCUT2D eigenvalue weighted by atomic mass is 10.1. The second-order valence-corrected chi connectivity index (χ2v) is 4.68. The Kier molecular flexibility index (Phi) is 6.32. The summed E-state index contributed by atoms with van der Waals surface area (Å²) in [6, 6.07) is 0. The van der Waals surface area contributed by atoms with Crippen molar-refractivity contribution in [2.75, 3.05) is 0 Å². The minimum absolute atomic E-state index is 0.340. The van der Waals surface area contributed by atoms with Crippen molar-refractivity contribution in [2.24, 2.45) is 5.92 Å². The van der Waals surface area contributed by atoms with Gasteiger partial charge in [0.05, 0.1) is 12.5 Å². The van der Waals surface area contributed by atoms with E-state index >= 15 is 0 Å². The topological polar surface area (TPSA) is 80.9 Å². The largest absolute Gasteiger partial charge is 0.481 e. The van der Waals surface area contributed by atoms with E-state index in [0.29, 0.717) is 6.54 Å². The number of carboxylic acid groups (broad SMARTS) is 1. The van der Waals surface area contributed by atoms with Crippen LogP contribution in [0.3, 0.4) is 0 Å². The Balaban J connectivity index is 2.37. The van der Waals surface area contributed by atoms with Gasteiger partial charge in [0.2, 0.25) is 0 Å². The van der Waals surface area contributed by atoms with Gasteiger partial charge < -0.3 is 5.11 Å². The van der Waals surface area contributed by atoms with Crippen molar-refractivity contribution in [3.05, 3.63) is 5.82 Å². The van der Waals surface area contributed by atoms with E-state index in [1.165, 1.54) is 25.7 Å². The molecule has 0 amide bonds. The Morgan fingerprint density at radius 2 is 2.06 bits per heavy atom. The SMILES string of the molecule is CCCCCCCc1nnnn1CC(C)C(=O)O.